The molecule has 24 heavy (non-hydrogen) atoms. The summed E-state index contributed by atoms with van der Waals surface area (Å²) in [6.45, 7) is 4.36. The van der Waals surface area contributed by atoms with Crippen molar-refractivity contribution < 1.29 is 14.3 Å². The molecule has 2 aromatic rings. The Bertz CT molecular complexity index is 669. The van der Waals surface area contributed by atoms with Gasteiger partial charge in [0.15, 0.2) is 6.10 Å². The second-order valence-corrected chi connectivity index (χ2v) is 5.77. The van der Waals surface area contributed by atoms with E-state index < -0.39 is 6.10 Å². The summed E-state index contributed by atoms with van der Waals surface area (Å²) in [5.74, 6) is 1.51. The lowest BCUT2D eigenvalue weighted by Gasteiger charge is -2.16. The monoisotopic (exact) mass is 327 g/mol. The van der Waals surface area contributed by atoms with E-state index in [2.05, 4.69) is 11.4 Å². The van der Waals surface area contributed by atoms with Crippen LogP contribution in [-0.4, -0.2) is 25.7 Å². The second kappa shape index (κ2) is 8.96. The summed E-state index contributed by atoms with van der Waals surface area (Å²) in [4.78, 5) is 12.1. The molecule has 4 heteroatoms. The van der Waals surface area contributed by atoms with Crippen LogP contribution in [0.2, 0.25) is 0 Å². The molecule has 1 unspecified atom stereocenters. The number of para-hydroxylation sites is 1. The molecule has 0 aliphatic rings. The number of rotatable bonds is 8. The highest BCUT2D eigenvalue weighted by atomic mass is 16.5. The van der Waals surface area contributed by atoms with Crippen molar-refractivity contribution in [3.63, 3.8) is 0 Å². The third kappa shape index (κ3) is 5.30. The first-order valence-electron chi connectivity index (χ1n) is 8.23. The van der Waals surface area contributed by atoms with E-state index in [0.717, 1.165) is 29.9 Å². The molecule has 1 N–H and O–H groups in total. The quantitative estimate of drug-likeness (QED) is 0.755. The molecule has 4 nitrogen and oxygen atoms in total. The molecule has 0 saturated carbocycles. The molecule has 0 heterocycles. The Morgan fingerprint density at radius 2 is 1.96 bits per heavy atom. The summed E-state index contributed by atoms with van der Waals surface area (Å²) in [6.07, 6.45) is 1.25. The molecule has 1 amide bonds. The predicted molar refractivity (Wildman–Crippen MR) is 95.6 cm³/mol. The maximum absolute atomic E-state index is 12.1. The minimum absolute atomic E-state index is 0.0936. The van der Waals surface area contributed by atoms with Gasteiger partial charge in [0.2, 0.25) is 0 Å². The normalized spacial score (nSPS) is 11.6. The van der Waals surface area contributed by atoms with Crippen LogP contribution in [0.5, 0.6) is 11.5 Å². The van der Waals surface area contributed by atoms with E-state index in [1.54, 1.807) is 14.0 Å². The smallest absolute Gasteiger partial charge is 0.260 e. The van der Waals surface area contributed by atoms with Crippen LogP contribution >= 0.6 is 0 Å². The van der Waals surface area contributed by atoms with Gasteiger partial charge >= 0.3 is 0 Å². The number of methoxy groups -OCH3 is 1. The summed E-state index contributed by atoms with van der Waals surface area (Å²) in [7, 11) is 1.66. The zero-order valence-electron chi connectivity index (χ0n) is 14.5. The Kier molecular flexibility index (Phi) is 6.67. The largest absolute Gasteiger partial charge is 0.497 e. The van der Waals surface area contributed by atoms with Gasteiger partial charge in [-0.15, -0.1) is 0 Å². The lowest BCUT2D eigenvalue weighted by molar-refractivity contribution is -0.127. The van der Waals surface area contributed by atoms with Crippen LogP contribution < -0.4 is 14.8 Å². The van der Waals surface area contributed by atoms with Crippen LogP contribution in [0.25, 0.3) is 0 Å². The number of carbonyl (C=O) groups is 1. The van der Waals surface area contributed by atoms with Crippen molar-refractivity contribution in [3.05, 3.63) is 59.7 Å². The average Bonchev–Trinajstić information content (AvgIpc) is 2.60. The van der Waals surface area contributed by atoms with Gasteiger partial charge in [-0.1, -0.05) is 30.3 Å². The van der Waals surface area contributed by atoms with Crippen molar-refractivity contribution in [2.75, 3.05) is 13.7 Å². The van der Waals surface area contributed by atoms with Gasteiger partial charge in [0.05, 0.1) is 7.11 Å². The van der Waals surface area contributed by atoms with Crippen LogP contribution in [-0.2, 0) is 11.2 Å². The standard InChI is InChI=1S/C20H25NO3/c1-15-8-4-5-12-19(15)24-16(2)20(22)21-13-7-10-17-9-6-11-18(14-17)23-3/h4-6,8-9,11-12,14,16H,7,10,13H2,1-3H3,(H,21,22). The Morgan fingerprint density at radius 3 is 2.71 bits per heavy atom. The van der Waals surface area contributed by atoms with Gasteiger partial charge in [-0.3, -0.25) is 4.79 Å². The average molecular weight is 327 g/mol. The van der Waals surface area contributed by atoms with Crippen molar-refractivity contribution in [3.8, 4) is 11.5 Å². The number of nitrogens with one attached hydrogen (secondary N) is 1. The molecule has 2 rings (SSSR count). The van der Waals surface area contributed by atoms with Crippen LogP contribution in [0.3, 0.4) is 0 Å². The summed E-state index contributed by atoms with van der Waals surface area (Å²) < 4.78 is 10.9. The number of amides is 1. The molecule has 0 aliphatic carbocycles. The molecular formula is C20H25NO3. The summed E-state index contributed by atoms with van der Waals surface area (Å²) >= 11 is 0. The Morgan fingerprint density at radius 1 is 1.17 bits per heavy atom. The zero-order valence-corrected chi connectivity index (χ0v) is 14.5. The fourth-order valence-corrected chi connectivity index (χ4v) is 2.41. The van der Waals surface area contributed by atoms with Gasteiger partial charge in [-0.25, -0.2) is 0 Å². The molecule has 0 radical (unpaired) electrons. The van der Waals surface area contributed by atoms with Crippen molar-refractivity contribution in [2.45, 2.75) is 32.8 Å². The molecule has 0 fully saturated rings. The van der Waals surface area contributed by atoms with E-state index in [1.807, 2.05) is 49.4 Å². The summed E-state index contributed by atoms with van der Waals surface area (Å²) in [5, 5.41) is 2.93. The van der Waals surface area contributed by atoms with Crippen molar-refractivity contribution in [1.29, 1.82) is 0 Å². The molecule has 0 saturated heterocycles. The van der Waals surface area contributed by atoms with E-state index >= 15 is 0 Å². The van der Waals surface area contributed by atoms with Crippen LogP contribution in [0, 0.1) is 6.92 Å². The highest BCUT2D eigenvalue weighted by Crippen LogP contribution is 2.18. The molecular weight excluding hydrogens is 302 g/mol. The van der Waals surface area contributed by atoms with Gasteiger partial charge in [-0.05, 0) is 56.0 Å². The van der Waals surface area contributed by atoms with Gasteiger partial charge in [0.25, 0.3) is 5.91 Å². The Hall–Kier alpha value is -2.49. The fourth-order valence-electron chi connectivity index (χ4n) is 2.41. The highest BCUT2D eigenvalue weighted by molar-refractivity contribution is 5.80. The van der Waals surface area contributed by atoms with Crippen molar-refractivity contribution in [2.24, 2.45) is 0 Å². The number of hydrogen-bond acceptors (Lipinski definition) is 3. The van der Waals surface area contributed by atoms with Crippen molar-refractivity contribution in [1.82, 2.24) is 5.32 Å². The number of ether oxygens (including phenoxy) is 2. The Labute approximate surface area is 143 Å². The first kappa shape index (κ1) is 17.9. The molecule has 0 aromatic heterocycles. The van der Waals surface area contributed by atoms with Crippen LogP contribution in [0.4, 0.5) is 0 Å². The number of carbonyl (C=O) groups excluding carboxylic acids is 1. The van der Waals surface area contributed by atoms with Crippen LogP contribution in [0.15, 0.2) is 48.5 Å². The molecule has 2 aromatic carbocycles. The predicted octanol–water partition coefficient (Wildman–Crippen LogP) is 3.52. The van der Waals surface area contributed by atoms with Gasteiger partial charge in [-0.2, -0.15) is 0 Å². The maximum Gasteiger partial charge on any atom is 0.260 e. The lowest BCUT2D eigenvalue weighted by atomic mass is 10.1. The Balaban J connectivity index is 1.73. The minimum Gasteiger partial charge on any atom is -0.497 e. The third-order valence-electron chi connectivity index (χ3n) is 3.84. The van der Waals surface area contributed by atoms with E-state index in [4.69, 9.17) is 9.47 Å². The SMILES string of the molecule is COc1cccc(CCCNC(=O)C(C)Oc2ccccc2C)c1. The summed E-state index contributed by atoms with van der Waals surface area (Å²) in [5.41, 5.74) is 2.22. The molecule has 0 bridgehead atoms. The number of benzene rings is 2. The second-order valence-electron chi connectivity index (χ2n) is 5.77. The van der Waals surface area contributed by atoms with E-state index in [-0.39, 0.29) is 5.91 Å². The van der Waals surface area contributed by atoms with Gasteiger partial charge in [0.1, 0.15) is 11.5 Å². The first-order valence-corrected chi connectivity index (χ1v) is 8.23. The third-order valence-corrected chi connectivity index (χ3v) is 3.84. The fraction of sp³-hybridized carbons (Fsp3) is 0.350. The van der Waals surface area contributed by atoms with Crippen molar-refractivity contribution >= 4 is 5.91 Å². The van der Waals surface area contributed by atoms with E-state index in [9.17, 15) is 4.79 Å². The molecule has 1 atom stereocenters. The maximum atomic E-state index is 12.1. The molecule has 0 aliphatic heterocycles. The first-order chi connectivity index (χ1) is 11.6. The topological polar surface area (TPSA) is 47.6 Å². The van der Waals surface area contributed by atoms with E-state index in [1.165, 1.54) is 5.56 Å². The number of hydrogen-bond donors (Lipinski definition) is 1. The lowest BCUT2D eigenvalue weighted by Crippen LogP contribution is -2.37. The molecule has 0 spiro atoms. The number of aryl methyl sites for hydroxylation is 2. The van der Waals surface area contributed by atoms with Gasteiger partial charge < -0.3 is 14.8 Å². The molecule has 128 valence electrons. The zero-order chi connectivity index (χ0) is 17.4. The minimum atomic E-state index is -0.511. The van der Waals surface area contributed by atoms with Gasteiger partial charge in [0, 0.05) is 6.54 Å². The van der Waals surface area contributed by atoms with E-state index in [0.29, 0.717) is 6.54 Å². The van der Waals surface area contributed by atoms with Crippen LogP contribution in [0.1, 0.15) is 24.5 Å². The summed E-state index contributed by atoms with van der Waals surface area (Å²) in [6, 6.07) is 15.7. The highest BCUT2D eigenvalue weighted by Gasteiger charge is 2.14.